The molecule has 0 spiro atoms. The Morgan fingerprint density at radius 3 is 2.89 bits per heavy atom. The van der Waals surface area contributed by atoms with Crippen molar-refractivity contribution in [1.29, 1.82) is 0 Å². The molecule has 3 aliphatic carbocycles. The summed E-state index contributed by atoms with van der Waals surface area (Å²) in [4.78, 5) is 32.8. The number of carbonyl (C=O) groups excluding carboxylic acids is 2. The van der Waals surface area contributed by atoms with Crippen LogP contribution in [0.25, 0.3) is 0 Å². The van der Waals surface area contributed by atoms with E-state index in [9.17, 15) is 9.59 Å². The van der Waals surface area contributed by atoms with Gasteiger partial charge < -0.3 is 15.0 Å². The molecule has 1 aromatic rings. The third-order valence-electron chi connectivity index (χ3n) is 8.94. The Morgan fingerprint density at radius 2 is 2.06 bits per heavy atom. The van der Waals surface area contributed by atoms with Crippen molar-refractivity contribution in [3.63, 3.8) is 0 Å². The van der Waals surface area contributed by atoms with Gasteiger partial charge in [0, 0.05) is 25.0 Å². The highest BCUT2D eigenvalue weighted by Gasteiger charge is 2.50. The number of esters is 1. The van der Waals surface area contributed by atoms with Crippen molar-refractivity contribution in [3.8, 4) is 0 Å². The molecule has 0 aromatic carbocycles. The van der Waals surface area contributed by atoms with Crippen LogP contribution in [0.4, 0.5) is 5.82 Å². The van der Waals surface area contributed by atoms with Gasteiger partial charge in [-0.25, -0.2) is 4.98 Å². The van der Waals surface area contributed by atoms with E-state index >= 15 is 0 Å². The first kappa shape index (κ1) is 24.9. The van der Waals surface area contributed by atoms with Crippen LogP contribution in [-0.4, -0.2) is 48.4 Å². The van der Waals surface area contributed by atoms with E-state index < -0.39 is 0 Å². The second-order valence-corrected chi connectivity index (χ2v) is 12.6. The fourth-order valence-electron chi connectivity index (χ4n) is 7.47. The molecule has 1 aromatic heterocycles. The number of anilines is 1. The maximum absolute atomic E-state index is 13.7. The van der Waals surface area contributed by atoms with Gasteiger partial charge in [0.05, 0.1) is 12.7 Å². The van der Waals surface area contributed by atoms with Crippen molar-refractivity contribution < 1.29 is 14.3 Å². The van der Waals surface area contributed by atoms with Gasteiger partial charge in [0.25, 0.3) is 5.91 Å². The molecule has 1 amide bonds. The molecule has 4 unspecified atom stereocenters. The molecule has 3 saturated carbocycles. The summed E-state index contributed by atoms with van der Waals surface area (Å²) in [6.45, 7) is 3.90. The summed E-state index contributed by atoms with van der Waals surface area (Å²) in [5, 5.41) is 4.42. The predicted octanol–water partition coefficient (Wildman–Crippen LogP) is 5.45. The number of amides is 1. The topological polar surface area (TPSA) is 71.5 Å². The number of hydrogen-bond donors (Lipinski definition) is 1. The van der Waals surface area contributed by atoms with Crippen LogP contribution in [0.3, 0.4) is 0 Å². The monoisotopic (exact) mass is 499 g/mol. The van der Waals surface area contributed by atoms with E-state index in [1.54, 1.807) is 11.8 Å². The van der Waals surface area contributed by atoms with Crippen LogP contribution < -0.4 is 10.2 Å². The summed E-state index contributed by atoms with van der Waals surface area (Å²) in [7, 11) is 1.45. The Morgan fingerprint density at radius 1 is 1.20 bits per heavy atom. The largest absolute Gasteiger partial charge is 0.469 e. The number of hydrogen-bond acceptors (Lipinski definition) is 6. The van der Waals surface area contributed by atoms with Gasteiger partial charge in [-0.2, -0.15) is 0 Å². The quantitative estimate of drug-likeness (QED) is 0.379. The number of ether oxygens (including phenoxy) is 1. The highest BCUT2D eigenvalue weighted by molar-refractivity contribution is 7.99. The molecule has 0 radical (unpaired) electrons. The van der Waals surface area contributed by atoms with Crippen LogP contribution >= 0.6 is 11.8 Å². The molecule has 4 fully saturated rings. The highest BCUT2D eigenvalue weighted by Crippen LogP contribution is 2.55. The maximum atomic E-state index is 13.7. The molecule has 5 rings (SSSR count). The van der Waals surface area contributed by atoms with Crippen LogP contribution in [0.15, 0.2) is 17.2 Å². The normalized spacial score (nSPS) is 31.8. The first-order valence-electron chi connectivity index (χ1n) is 13.8. The standard InChI is InChI=1S/C28H41N3O3S/c1-3-12-35-27-23(8-9-24(29-27)31-11-5-6-19(18-31)15-25(32)34-2)26(33)30-28-10-4-7-21-13-20(16-28)14-22(21)17-28/h8-9,19-22H,3-7,10-18H2,1-2H3,(H,30,33)/t19-,20?,21?,22?,28?/m0/s1. The SMILES string of the molecule is CCCSc1nc(N2CCC[C@@H](CC(=O)OC)C2)ccc1C(=O)NC12CCCC3CC(CC3C1)C2. The summed E-state index contributed by atoms with van der Waals surface area (Å²) in [6, 6.07) is 4.00. The fourth-order valence-corrected chi connectivity index (χ4v) is 8.34. The number of fused-ring (bicyclic) bond motifs is 2. The number of nitrogens with zero attached hydrogens (tertiary/aromatic N) is 2. The molecule has 7 heteroatoms. The lowest BCUT2D eigenvalue weighted by Crippen LogP contribution is -2.51. The fraction of sp³-hybridized carbons (Fsp3) is 0.750. The van der Waals surface area contributed by atoms with Crippen molar-refractivity contribution >= 4 is 29.5 Å². The molecule has 4 aliphatic rings. The number of nitrogens with one attached hydrogen (secondary N) is 1. The summed E-state index contributed by atoms with van der Waals surface area (Å²) in [5.74, 6) is 4.56. The van der Waals surface area contributed by atoms with Gasteiger partial charge in [-0.15, -0.1) is 11.8 Å². The number of carbonyl (C=O) groups is 2. The zero-order valence-corrected chi connectivity index (χ0v) is 22.2. The number of aromatic nitrogens is 1. The molecule has 1 aliphatic heterocycles. The second-order valence-electron chi connectivity index (χ2n) is 11.5. The zero-order valence-electron chi connectivity index (χ0n) is 21.4. The molecule has 5 atom stereocenters. The third-order valence-corrected chi connectivity index (χ3v) is 10.1. The van der Waals surface area contributed by atoms with E-state index in [1.807, 2.05) is 12.1 Å². The minimum atomic E-state index is -0.142. The molecule has 1 saturated heterocycles. The summed E-state index contributed by atoms with van der Waals surface area (Å²) in [6.07, 6.45) is 12.4. The van der Waals surface area contributed by atoms with E-state index in [0.717, 1.165) is 91.5 Å². The van der Waals surface area contributed by atoms with Gasteiger partial charge in [0.2, 0.25) is 0 Å². The molecular formula is C28H41N3O3S. The van der Waals surface area contributed by atoms with E-state index in [2.05, 4.69) is 17.1 Å². The lowest BCUT2D eigenvalue weighted by Gasteiger charge is -2.41. The van der Waals surface area contributed by atoms with Crippen molar-refractivity contribution in [1.82, 2.24) is 10.3 Å². The molecule has 192 valence electrons. The molecule has 1 N–H and O–H groups in total. The van der Waals surface area contributed by atoms with Crippen LogP contribution in [0, 0.1) is 23.7 Å². The Kier molecular flexibility index (Phi) is 7.61. The average Bonchev–Trinajstić information content (AvgIpc) is 3.08. The van der Waals surface area contributed by atoms with Crippen molar-refractivity contribution in [2.24, 2.45) is 23.7 Å². The first-order valence-corrected chi connectivity index (χ1v) is 14.8. The molecule has 6 nitrogen and oxygen atoms in total. The maximum Gasteiger partial charge on any atom is 0.305 e. The van der Waals surface area contributed by atoms with E-state index in [0.29, 0.717) is 6.42 Å². The van der Waals surface area contributed by atoms with Crippen molar-refractivity contribution in [2.75, 3.05) is 30.9 Å². The van der Waals surface area contributed by atoms with Crippen LogP contribution in [-0.2, 0) is 9.53 Å². The van der Waals surface area contributed by atoms with Gasteiger partial charge in [0.1, 0.15) is 10.8 Å². The highest BCUT2D eigenvalue weighted by atomic mass is 32.2. The molecule has 3 bridgehead atoms. The first-order chi connectivity index (χ1) is 17.0. The number of thioether (sulfide) groups is 1. The second kappa shape index (κ2) is 10.7. The lowest BCUT2D eigenvalue weighted by molar-refractivity contribution is -0.141. The summed E-state index contributed by atoms with van der Waals surface area (Å²) >= 11 is 1.69. The number of methoxy groups -OCH3 is 1. The predicted molar refractivity (Wildman–Crippen MR) is 140 cm³/mol. The average molecular weight is 500 g/mol. The lowest BCUT2D eigenvalue weighted by atomic mass is 9.73. The summed E-state index contributed by atoms with van der Waals surface area (Å²) < 4.78 is 4.89. The van der Waals surface area contributed by atoms with Crippen LogP contribution in [0.2, 0.25) is 0 Å². The van der Waals surface area contributed by atoms with Gasteiger partial charge in [-0.1, -0.05) is 19.8 Å². The Bertz CT molecular complexity index is 940. The Hall–Kier alpha value is -1.76. The van der Waals surface area contributed by atoms with Gasteiger partial charge in [0.15, 0.2) is 0 Å². The molecule has 35 heavy (non-hydrogen) atoms. The smallest absolute Gasteiger partial charge is 0.305 e. The Balaban J connectivity index is 1.33. The number of rotatable bonds is 8. The van der Waals surface area contributed by atoms with Gasteiger partial charge in [-0.05, 0) is 92.9 Å². The number of pyridine rings is 1. The summed E-state index contributed by atoms with van der Waals surface area (Å²) in [5.41, 5.74) is 0.707. The van der Waals surface area contributed by atoms with Gasteiger partial charge in [-0.3, -0.25) is 9.59 Å². The third kappa shape index (κ3) is 5.50. The van der Waals surface area contributed by atoms with Crippen molar-refractivity contribution in [2.45, 2.75) is 88.1 Å². The zero-order chi connectivity index (χ0) is 24.4. The van der Waals surface area contributed by atoms with E-state index in [4.69, 9.17) is 9.72 Å². The van der Waals surface area contributed by atoms with Gasteiger partial charge >= 0.3 is 5.97 Å². The van der Waals surface area contributed by atoms with Crippen molar-refractivity contribution in [3.05, 3.63) is 17.7 Å². The van der Waals surface area contributed by atoms with E-state index in [1.165, 1.54) is 32.8 Å². The minimum absolute atomic E-state index is 0.0186. The molecular weight excluding hydrogens is 458 g/mol. The Labute approximate surface area is 214 Å². The number of piperidine rings is 1. The van der Waals surface area contributed by atoms with Crippen LogP contribution in [0.5, 0.6) is 0 Å². The molecule has 2 heterocycles. The van der Waals surface area contributed by atoms with Crippen LogP contribution in [0.1, 0.15) is 87.9 Å². The van der Waals surface area contributed by atoms with E-state index in [-0.39, 0.29) is 23.3 Å². The minimum Gasteiger partial charge on any atom is -0.469 e.